The van der Waals surface area contributed by atoms with Gasteiger partial charge in [-0.05, 0) is 62.9 Å². The molecule has 0 unspecified atom stereocenters. The van der Waals surface area contributed by atoms with E-state index in [1.807, 2.05) is 44.2 Å². The summed E-state index contributed by atoms with van der Waals surface area (Å²) in [7, 11) is 0. The highest BCUT2D eigenvalue weighted by atomic mass is 35.5. The largest absolute Gasteiger partial charge is 0.494 e. The second-order valence-electron chi connectivity index (χ2n) is 7.72. The van der Waals surface area contributed by atoms with Crippen molar-refractivity contribution in [1.29, 1.82) is 0 Å². The van der Waals surface area contributed by atoms with Crippen LogP contribution in [-0.4, -0.2) is 41.9 Å². The lowest BCUT2D eigenvalue weighted by Crippen LogP contribution is -2.50. The van der Waals surface area contributed by atoms with E-state index >= 15 is 0 Å². The van der Waals surface area contributed by atoms with Gasteiger partial charge in [0.05, 0.1) is 6.61 Å². The molecule has 2 amide bonds. The number of rotatable bonds is 12. The van der Waals surface area contributed by atoms with Crippen molar-refractivity contribution in [2.75, 3.05) is 13.2 Å². The molecule has 0 aromatic heterocycles. The van der Waals surface area contributed by atoms with Gasteiger partial charge in [-0.2, -0.15) is 0 Å². The van der Waals surface area contributed by atoms with Crippen LogP contribution in [0.3, 0.4) is 0 Å². The lowest BCUT2D eigenvalue weighted by Gasteiger charge is -2.29. The Morgan fingerprint density at radius 1 is 1.06 bits per heavy atom. The Morgan fingerprint density at radius 2 is 1.74 bits per heavy atom. The average molecular weight is 445 g/mol. The number of halogens is 1. The molecule has 0 saturated carbocycles. The van der Waals surface area contributed by atoms with E-state index in [0.29, 0.717) is 37.4 Å². The zero-order valence-corrected chi connectivity index (χ0v) is 19.4. The maximum absolute atomic E-state index is 13.0. The summed E-state index contributed by atoms with van der Waals surface area (Å²) < 4.78 is 5.69. The van der Waals surface area contributed by atoms with E-state index in [1.165, 1.54) is 0 Å². The van der Waals surface area contributed by atoms with Crippen molar-refractivity contribution in [2.24, 2.45) is 0 Å². The maximum atomic E-state index is 13.0. The molecule has 0 saturated heterocycles. The van der Waals surface area contributed by atoms with Crippen molar-refractivity contribution in [3.8, 4) is 5.75 Å². The van der Waals surface area contributed by atoms with Gasteiger partial charge in [-0.15, -0.1) is 0 Å². The van der Waals surface area contributed by atoms with Crippen molar-refractivity contribution < 1.29 is 14.3 Å². The first-order chi connectivity index (χ1) is 14.9. The van der Waals surface area contributed by atoms with E-state index in [2.05, 4.69) is 5.32 Å². The minimum atomic E-state index is -0.526. The summed E-state index contributed by atoms with van der Waals surface area (Å²) in [5.41, 5.74) is 1.14. The summed E-state index contributed by atoms with van der Waals surface area (Å²) >= 11 is 5.88. The van der Waals surface area contributed by atoms with Crippen LogP contribution in [0.1, 0.15) is 45.6 Å². The highest BCUT2D eigenvalue weighted by Crippen LogP contribution is 2.16. The van der Waals surface area contributed by atoms with E-state index in [4.69, 9.17) is 16.3 Å². The van der Waals surface area contributed by atoms with E-state index in [9.17, 15) is 9.59 Å². The van der Waals surface area contributed by atoms with Crippen LogP contribution >= 0.6 is 11.6 Å². The van der Waals surface area contributed by atoms with Gasteiger partial charge < -0.3 is 15.0 Å². The van der Waals surface area contributed by atoms with Crippen LogP contribution < -0.4 is 10.1 Å². The monoisotopic (exact) mass is 444 g/mol. The van der Waals surface area contributed by atoms with Crippen molar-refractivity contribution in [3.63, 3.8) is 0 Å². The summed E-state index contributed by atoms with van der Waals surface area (Å²) in [5.74, 6) is 0.565. The van der Waals surface area contributed by atoms with E-state index < -0.39 is 6.04 Å². The fraction of sp³-hybridized carbons (Fsp3) is 0.440. The first-order valence-corrected chi connectivity index (χ1v) is 11.3. The molecule has 2 atom stereocenters. The zero-order valence-electron chi connectivity index (χ0n) is 18.6. The summed E-state index contributed by atoms with van der Waals surface area (Å²) in [6.07, 6.45) is 2.44. The van der Waals surface area contributed by atoms with Crippen LogP contribution in [0, 0.1) is 0 Å². The molecule has 0 fully saturated rings. The number of nitrogens with zero attached hydrogens (tertiary/aromatic N) is 1. The second kappa shape index (κ2) is 13.0. The number of hydrogen-bond acceptors (Lipinski definition) is 3. The molecule has 2 rings (SSSR count). The predicted molar refractivity (Wildman–Crippen MR) is 125 cm³/mol. The van der Waals surface area contributed by atoms with Gasteiger partial charge in [-0.1, -0.05) is 48.9 Å². The van der Waals surface area contributed by atoms with Crippen LogP contribution in [0.25, 0.3) is 0 Å². The van der Waals surface area contributed by atoms with Crippen molar-refractivity contribution >= 4 is 23.4 Å². The first-order valence-electron chi connectivity index (χ1n) is 10.9. The minimum Gasteiger partial charge on any atom is -0.494 e. The van der Waals surface area contributed by atoms with E-state index in [1.54, 1.807) is 36.1 Å². The third kappa shape index (κ3) is 8.62. The fourth-order valence-electron chi connectivity index (χ4n) is 3.12. The quantitative estimate of drug-likeness (QED) is 0.475. The van der Waals surface area contributed by atoms with Gasteiger partial charge in [0, 0.05) is 24.0 Å². The molecule has 0 bridgehead atoms. The molecule has 0 heterocycles. The van der Waals surface area contributed by atoms with Gasteiger partial charge in [0.25, 0.3) is 0 Å². The fourth-order valence-corrected chi connectivity index (χ4v) is 3.25. The number of hydrogen-bond donors (Lipinski definition) is 1. The topological polar surface area (TPSA) is 58.6 Å². The maximum Gasteiger partial charge on any atom is 0.242 e. The Bertz CT molecular complexity index is 811. The SMILES string of the molecule is CC[C@@H](C)NC(=O)[C@H](C)N(CCc1ccccc1)C(=O)CCCOc1ccc(Cl)cc1. The van der Waals surface area contributed by atoms with Crippen molar-refractivity contribution in [1.82, 2.24) is 10.2 Å². The third-order valence-corrected chi connectivity index (χ3v) is 5.52. The smallest absolute Gasteiger partial charge is 0.242 e. The summed E-state index contributed by atoms with van der Waals surface area (Å²) in [6, 6.07) is 16.7. The Kier molecular flexibility index (Phi) is 10.4. The van der Waals surface area contributed by atoms with E-state index in [0.717, 1.165) is 17.7 Å². The molecule has 0 aliphatic rings. The summed E-state index contributed by atoms with van der Waals surface area (Å²) in [4.78, 5) is 27.4. The van der Waals surface area contributed by atoms with Crippen LogP contribution in [0.4, 0.5) is 0 Å². The Morgan fingerprint density at radius 3 is 2.39 bits per heavy atom. The normalized spacial score (nSPS) is 12.6. The van der Waals surface area contributed by atoms with Crippen molar-refractivity contribution in [3.05, 3.63) is 65.2 Å². The average Bonchev–Trinajstić information content (AvgIpc) is 2.78. The lowest BCUT2D eigenvalue weighted by atomic mass is 10.1. The van der Waals surface area contributed by atoms with Crippen molar-refractivity contribution in [2.45, 2.75) is 58.5 Å². The molecular formula is C25H33ClN2O3. The number of amides is 2. The number of carbonyl (C=O) groups is 2. The highest BCUT2D eigenvalue weighted by molar-refractivity contribution is 6.30. The Balaban J connectivity index is 1.93. The molecule has 0 spiro atoms. The van der Waals surface area contributed by atoms with Crippen LogP contribution in [0.15, 0.2) is 54.6 Å². The lowest BCUT2D eigenvalue weighted by molar-refractivity contribution is -0.140. The van der Waals surface area contributed by atoms with Gasteiger partial charge in [-0.25, -0.2) is 0 Å². The van der Waals surface area contributed by atoms with Gasteiger partial charge in [0.2, 0.25) is 11.8 Å². The van der Waals surface area contributed by atoms with Gasteiger partial charge >= 0.3 is 0 Å². The first kappa shape index (κ1) is 24.7. The molecule has 168 valence electrons. The van der Waals surface area contributed by atoms with E-state index in [-0.39, 0.29) is 17.9 Å². The zero-order chi connectivity index (χ0) is 22.6. The Hall–Kier alpha value is -2.53. The molecule has 0 aliphatic carbocycles. The minimum absolute atomic E-state index is 0.0394. The summed E-state index contributed by atoms with van der Waals surface area (Å²) in [6.45, 7) is 6.71. The number of ether oxygens (including phenoxy) is 1. The molecule has 31 heavy (non-hydrogen) atoms. The molecule has 0 radical (unpaired) electrons. The van der Waals surface area contributed by atoms with Crippen LogP contribution in [-0.2, 0) is 16.0 Å². The van der Waals surface area contributed by atoms with Crippen LogP contribution in [0.2, 0.25) is 5.02 Å². The standard InChI is InChI=1S/C25H33ClN2O3/c1-4-19(2)27-25(30)20(3)28(17-16-21-9-6-5-7-10-21)24(29)11-8-18-31-23-14-12-22(26)13-15-23/h5-7,9-10,12-15,19-20H,4,8,11,16-18H2,1-3H3,(H,27,30)/t19-,20+/m1/s1. The van der Waals surface area contributed by atoms with Gasteiger partial charge in [0.15, 0.2) is 0 Å². The highest BCUT2D eigenvalue weighted by Gasteiger charge is 2.26. The number of nitrogens with one attached hydrogen (secondary N) is 1. The molecule has 0 aliphatic heterocycles. The third-order valence-electron chi connectivity index (χ3n) is 5.27. The molecular weight excluding hydrogens is 412 g/mol. The molecule has 2 aromatic rings. The molecule has 5 nitrogen and oxygen atoms in total. The number of benzene rings is 2. The van der Waals surface area contributed by atoms with Crippen LogP contribution in [0.5, 0.6) is 5.75 Å². The predicted octanol–water partition coefficient (Wildman–Crippen LogP) is 4.87. The number of carbonyl (C=O) groups excluding carboxylic acids is 2. The summed E-state index contributed by atoms with van der Waals surface area (Å²) in [5, 5.41) is 3.64. The molecule has 6 heteroatoms. The van der Waals surface area contributed by atoms with Gasteiger partial charge in [0.1, 0.15) is 11.8 Å². The molecule has 2 aromatic carbocycles. The molecule has 1 N–H and O–H groups in total. The Labute approximate surface area is 190 Å². The van der Waals surface area contributed by atoms with Gasteiger partial charge in [-0.3, -0.25) is 9.59 Å². The second-order valence-corrected chi connectivity index (χ2v) is 8.16.